The molecule has 0 bridgehead atoms. The third-order valence-corrected chi connectivity index (χ3v) is 5.84. The van der Waals surface area contributed by atoms with E-state index in [0.717, 1.165) is 44.1 Å². The van der Waals surface area contributed by atoms with Gasteiger partial charge in [0.05, 0.1) is 11.9 Å². The lowest BCUT2D eigenvalue weighted by Gasteiger charge is -2.35. The second kappa shape index (κ2) is 12.9. The van der Waals surface area contributed by atoms with E-state index in [-0.39, 0.29) is 36.0 Å². The molecule has 30 heavy (non-hydrogen) atoms. The molecule has 0 radical (unpaired) electrons. The zero-order valence-corrected chi connectivity index (χ0v) is 20.3. The molecule has 0 spiro atoms. The number of aliphatic hydroxyl groups excluding tert-OH is 1. The topological polar surface area (TPSA) is 74.5 Å². The van der Waals surface area contributed by atoms with Crippen LogP contribution in [0, 0.1) is 5.41 Å². The minimum Gasteiger partial charge on any atom is -0.396 e. The summed E-state index contributed by atoms with van der Waals surface area (Å²) in [5.74, 6) is 0.867. The van der Waals surface area contributed by atoms with Gasteiger partial charge in [-0.15, -0.1) is 24.0 Å². The van der Waals surface area contributed by atoms with Crippen molar-refractivity contribution in [3.05, 3.63) is 48.3 Å². The lowest BCUT2D eigenvalue weighted by atomic mass is 9.72. The zero-order chi connectivity index (χ0) is 20.4. The first kappa shape index (κ1) is 24.7. The van der Waals surface area contributed by atoms with Crippen molar-refractivity contribution in [2.24, 2.45) is 10.4 Å². The minimum absolute atomic E-state index is 0. The van der Waals surface area contributed by atoms with Gasteiger partial charge in [-0.2, -0.15) is 5.10 Å². The van der Waals surface area contributed by atoms with E-state index in [4.69, 9.17) is 4.99 Å². The van der Waals surface area contributed by atoms with Gasteiger partial charge in [0, 0.05) is 32.4 Å². The molecule has 1 fully saturated rings. The highest BCUT2D eigenvalue weighted by Gasteiger charge is 2.31. The van der Waals surface area contributed by atoms with Gasteiger partial charge in [0.2, 0.25) is 0 Å². The summed E-state index contributed by atoms with van der Waals surface area (Å²) in [5.41, 5.74) is 2.44. The summed E-state index contributed by atoms with van der Waals surface area (Å²) in [6.07, 6.45) is 11.9. The third-order valence-electron chi connectivity index (χ3n) is 5.84. The molecule has 6 nitrogen and oxygen atoms in total. The van der Waals surface area contributed by atoms with Crippen LogP contribution in [0.4, 0.5) is 0 Å². The van der Waals surface area contributed by atoms with Crippen LogP contribution in [0.5, 0.6) is 0 Å². The fourth-order valence-electron chi connectivity index (χ4n) is 4.15. The van der Waals surface area contributed by atoms with Crippen LogP contribution in [0.2, 0.25) is 0 Å². The molecule has 0 saturated heterocycles. The van der Waals surface area contributed by atoms with E-state index in [2.05, 4.69) is 41.0 Å². The second-order valence-corrected chi connectivity index (χ2v) is 8.03. The Balaban J connectivity index is 0.00000320. The first-order chi connectivity index (χ1) is 14.2. The number of hydrogen-bond acceptors (Lipinski definition) is 3. The maximum atomic E-state index is 9.52. The fourth-order valence-corrected chi connectivity index (χ4v) is 4.15. The molecule has 1 heterocycles. The molecule has 0 atom stereocenters. The molecule has 1 saturated carbocycles. The molecular formula is C23H36IN5O. The van der Waals surface area contributed by atoms with Crippen LogP contribution >= 0.6 is 24.0 Å². The summed E-state index contributed by atoms with van der Waals surface area (Å²) in [5, 5.41) is 20.8. The summed E-state index contributed by atoms with van der Waals surface area (Å²) in [6, 6.07) is 10.2. The Kier molecular flexibility index (Phi) is 10.6. The Bertz CT molecular complexity index is 750. The van der Waals surface area contributed by atoms with Crippen molar-refractivity contribution in [3.63, 3.8) is 0 Å². The van der Waals surface area contributed by atoms with Crippen molar-refractivity contribution in [2.75, 3.05) is 26.2 Å². The second-order valence-electron chi connectivity index (χ2n) is 8.03. The number of nitrogens with zero attached hydrogens (tertiary/aromatic N) is 3. The Hall–Kier alpha value is -1.61. The number of aromatic nitrogens is 2. The van der Waals surface area contributed by atoms with Gasteiger partial charge in [-0.25, -0.2) is 4.68 Å². The number of aliphatic hydroxyl groups is 1. The van der Waals surface area contributed by atoms with Gasteiger partial charge in [-0.3, -0.25) is 4.99 Å². The zero-order valence-electron chi connectivity index (χ0n) is 18.0. The monoisotopic (exact) mass is 525 g/mol. The summed E-state index contributed by atoms with van der Waals surface area (Å²) in [4.78, 5) is 4.87. The summed E-state index contributed by atoms with van der Waals surface area (Å²) in [6.45, 7) is 4.77. The van der Waals surface area contributed by atoms with Gasteiger partial charge in [-0.05, 0) is 55.7 Å². The lowest BCUT2D eigenvalue weighted by Crippen LogP contribution is -2.40. The van der Waals surface area contributed by atoms with Crippen molar-refractivity contribution < 1.29 is 5.11 Å². The molecule has 1 aromatic heterocycles. The van der Waals surface area contributed by atoms with Crippen molar-refractivity contribution in [1.29, 1.82) is 0 Å². The van der Waals surface area contributed by atoms with Crippen LogP contribution in [0.15, 0.2) is 47.7 Å². The number of rotatable bonds is 9. The maximum absolute atomic E-state index is 9.52. The number of aliphatic imine (C=N–C) groups is 1. The molecule has 0 amide bonds. The van der Waals surface area contributed by atoms with Gasteiger partial charge in [0.25, 0.3) is 0 Å². The van der Waals surface area contributed by atoms with Crippen LogP contribution in [0.1, 0.15) is 51.0 Å². The van der Waals surface area contributed by atoms with E-state index in [1.165, 1.54) is 37.7 Å². The number of hydrogen-bond donors (Lipinski definition) is 3. The molecule has 3 rings (SSSR count). The predicted octanol–water partition coefficient (Wildman–Crippen LogP) is 3.92. The molecular weight excluding hydrogens is 489 g/mol. The number of guanidine groups is 1. The Morgan fingerprint density at radius 1 is 1.17 bits per heavy atom. The molecule has 166 valence electrons. The van der Waals surface area contributed by atoms with Gasteiger partial charge < -0.3 is 15.7 Å². The number of para-hydroxylation sites is 1. The van der Waals surface area contributed by atoms with E-state index in [9.17, 15) is 5.11 Å². The van der Waals surface area contributed by atoms with E-state index >= 15 is 0 Å². The van der Waals surface area contributed by atoms with Crippen LogP contribution in [0.25, 0.3) is 5.69 Å². The summed E-state index contributed by atoms with van der Waals surface area (Å²) in [7, 11) is 0. The quantitative estimate of drug-likeness (QED) is 0.264. The predicted molar refractivity (Wildman–Crippen MR) is 134 cm³/mol. The molecule has 7 heteroatoms. The average molecular weight is 525 g/mol. The molecule has 1 aromatic carbocycles. The van der Waals surface area contributed by atoms with E-state index in [1.807, 2.05) is 29.1 Å². The highest BCUT2D eigenvalue weighted by Crippen LogP contribution is 2.39. The van der Waals surface area contributed by atoms with Gasteiger partial charge >= 0.3 is 0 Å². The molecule has 0 unspecified atom stereocenters. The molecule has 3 N–H and O–H groups in total. The Morgan fingerprint density at radius 3 is 2.63 bits per heavy atom. The molecule has 1 aliphatic carbocycles. The van der Waals surface area contributed by atoms with Crippen LogP contribution in [0.3, 0.4) is 0 Å². The lowest BCUT2D eigenvalue weighted by molar-refractivity contribution is 0.137. The van der Waals surface area contributed by atoms with Crippen molar-refractivity contribution in [3.8, 4) is 5.69 Å². The van der Waals surface area contributed by atoms with Gasteiger partial charge in [0.1, 0.15) is 0 Å². The first-order valence-electron chi connectivity index (χ1n) is 11.0. The van der Waals surface area contributed by atoms with Gasteiger partial charge in [-0.1, -0.05) is 37.5 Å². The van der Waals surface area contributed by atoms with Crippen LogP contribution < -0.4 is 10.6 Å². The normalized spacial score (nSPS) is 16.0. The highest BCUT2D eigenvalue weighted by atomic mass is 127. The average Bonchev–Trinajstić information content (AvgIpc) is 3.23. The summed E-state index contributed by atoms with van der Waals surface area (Å²) >= 11 is 0. The largest absolute Gasteiger partial charge is 0.396 e. The Morgan fingerprint density at radius 2 is 1.93 bits per heavy atom. The van der Waals surface area contributed by atoms with Crippen molar-refractivity contribution in [2.45, 2.75) is 51.9 Å². The van der Waals surface area contributed by atoms with E-state index < -0.39 is 0 Å². The first-order valence-corrected chi connectivity index (χ1v) is 11.0. The fraction of sp³-hybridized carbons (Fsp3) is 0.565. The van der Waals surface area contributed by atoms with E-state index in [1.54, 1.807) is 0 Å². The number of nitrogens with one attached hydrogen (secondary N) is 2. The van der Waals surface area contributed by atoms with Crippen LogP contribution in [-0.2, 0) is 6.42 Å². The van der Waals surface area contributed by atoms with E-state index in [0.29, 0.717) is 0 Å². The molecule has 1 aliphatic rings. The number of benzene rings is 1. The Labute approximate surface area is 197 Å². The van der Waals surface area contributed by atoms with Crippen molar-refractivity contribution >= 4 is 29.9 Å². The third kappa shape index (κ3) is 7.27. The molecule has 0 aliphatic heterocycles. The standard InChI is InChI=1S/C23H35N5O.HI/c1-2-24-22(26-19-23(14-16-29)12-7-4-8-13-23)25-15-11-20-17-27-28(18-20)21-9-5-3-6-10-21;/h3,5-6,9-10,17-18,29H,2,4,7-8,11-16,19H2,1H3,(H2,24,25,26);1H. The smallest absolute Gasteiger partial charge is 0.191 e. The summed E-state index contributed by atoms with van der Waals surface area (Å²) < 4.78 is 1.91. The van der Waals surface area contributed by atoms with Crippen molar-refractivity contribution in [1.82, 2.24) is 20.4 Å². The maximum Gasteiger partial charge on any atom is 0.191 e. The highest BCUT2D eigenvalue weighted by molar-refractivity contribution is 14.0. The molecule has 2 aromatic rings. The number of halogens is 1. The van der Waals surface area contributed by atoms with Crippen LogP contribution in [-0.4, -0.2) is 47.1 Å². The van der Waals surface area contributed by atoms with Gasteiger partial charge in [0.15, 0.2) is 5.96 Å². The SMILES string of the molecule is CCNC(=NCC1(CCO)CCCCC1)NCCc1cnn(-c2ccccc2)c1.I. The minimum atomic E-state index is 0.